The molecular formula is C16H20N2. The molecule has 1 aliphatic carbocycles. The Bertz CT molecular complexity index is 518. The second kappa shape index (κ2) is 4.60. The number of benzene rings is 1. The van der Waals surface area contributed by atoms with E-state index in [-0.39, 0.29) is 0 Å². The first kappa shape index (κ1) is 11.5. The van der Waals surface area contributed by atoms with Crippen molar-refractivity contribution >= 4 is 0 Å². The van der Waals surface area contributed by atoms with Gasteiger partial charge in [-0.05, 0) is 36.8 Å². The molecule has 2 nitrogen and oxygen atoms in total. The Morgan fingerprint density at radius 2 is 1.89 bits per heavy atom. The number of rotatable bonds is 4. The van der Waals surface area contributed by atoms with Crippen molar-refractivity contribution in [1.29, 1.82) is 0 Å². The highest BCUT2D eigenvalue weighted by Gasteiger charge is 2.24. The fourth-order valence-corrected chi connectivity index (χ4v) is 2.32. The van der Waals surface area contributed by atoms with Crippen molar-refractivity contribution in [3.63, 3.8) is 0 Å². The van der Waals surface area contributed by atoms with Crippen LogP contribution in [-0.4, -0.2) is 9.78 Å². The van der Waals surface area contributed by atoms with E-state index in [2.05, 4.69) is 60.2 Å². The summed E-state index contributed by atoms with van der Waals surface area (Å²) in [5.41, 5.74) is 3.73. The maximum Gasteiger partial charge on any atom is 0.0923 e. The molecule has 1 saturated carbocycles. The fourth-order valence-electron chi connectivity index (χ4n) is 2.32. The molecule has 0 aliphatic heterocycles. The summed E-state index contributed by atoms with van der Waals surface area (Å²) in [6, 6.07) is 11.6. The standard InChI is InChI=1S/C16H20N2/c1-12(2)11-13-3-5-14(6-4-13)16-9-10-18(17-16)15-7-8-15/h3-6,9-10,12,15H,7-8,11H2,1-2H3. The summed E-state index contributed by atoms with van der Waals surface area (Å²) < 4.78 is 2.11. The van der Waals surface area contributed by atoms with Gasteiger partial charge in [-0.3, -0.25) is 4.68 Å². The highest BCUT2D eigenvalue weighted by Crippen LogP contribution is 2.34. The van der Waals surface area contributed by atoms with Gasteiger partial charge in [0.05, 0.1) is 11.7 Å². The number of aromatic nitrogens is 2. The number of hydrogen-bond donors (Lipinski definition) is 0. The number of hydrogen-bond acceptors (Lipinski definition) is 1. The molecule has 1 aliphatic rings. The summed E-state index contributed by atoms with van der Waals surface area (Å²) in [4.78, 5) is 0. The second-order valence-electron chi connectivity index (χ2n) is 5.71. The van der Waals surface area contributed by atoms with Crippen molar-refractivity contribution in [3.05, 3.63) is 42.1 Å². The molecule has 2 heteroatoms. The van der Waals surface area contributed by atoms with Gasteiger partial charge in [-0.1, -0.05) is 38.1 Å². The smallest absolute Gasteiger partial charge is 0.0923 e. The summed E-state index contributed by atoms with van der Waals surface area (Å²) in [5, 5.41) is 4.65. The van der Waals surface area contributed by atoms with E-state index in [1.54, 1.807) is 0 Å². The lowest BCUT2D eigenvalue weighted by atomic mass is 10.0. The molecule has 0 N–H and O–H groups in total. The number of nitrogens with zero attached hydrogens (tertiary/aromatic N) is 2. The minimum Gasteiger partial charge on any atom is -0.269 e. The van der Waals surface area contributed by atoms with Gasteiger partial charge in [-0.25, -0.2) is 0 Å². The zero-order valence-electron chi connectivity index (χ0n) is 11.1. The van der Waals surface area contributed by atoms with Gasteiger partial charge >= 0.3 is 0 Å². The van der Waals surface area contributed by atoms with Crippen LogP contribution in [-0.2, 0) is 6.42 Å². The van der Waals surface area contributed by atoms with E-state index < -0.39 is 0 Å². The van der Waals surface area contributed by atoms with Crippen molar-refractivity contribution in [1.82, 2.24) is 9.78 Å². The van der Waals surface area contributed by atoms with Crippen LogP contribution in [0.4, 0.5) is 0 Å². The van der Waals surface area contributed by atoms with Crippen LogP contribution in [0.5, 0.6) is 0 Å². The minimum atomic E-state index is 0.666. The maximum absolute atomic E-state index is 4.65. The maximum atomic E-state index is 4.65. The van der Waals surface area contributed by atoms with E-state index in [9.17, 15) is 0 Å². The lowest BCUT2D eigenvalue weighted by Gasteiger charge is -2.05. The van der Waals surface area contributed by atoms with Crippen LogP contribution in [0.3, 0.4) is 0 Å². The van der Waals surface area contributed by atoms with Crippen LogP contribution >= 0.6 is 0 Å². The van der Waals surface area contributed by atoms with E-state index in [1.165, 1.54) is 24.0 Å². The van der Waals surface area contributed by atoms with Crippen molar-refractivity contribution in [2.45, 2.75) is 39.2 Å². The third-order valence-electron chi connectivity index (χ3n) is 3.42. The Morgan fingerprint density at radius 3 is 2.50 bits per heavy atom. The van der Waals surface area contributed by atoms with Crippen molar-refractivity contribution in [2.24, 2.45) is 5.92 Å². The van der Waals surface area contributed by atoms with Crippen LogP contribution in [0.25, 0.3) is 11.3 Å². The van der Waals surface area contributed by atoms with Crippen LogP contribution in [0.2, 0.25) is 0 Å². The van der Waals surface area contributed by atoms with Gasteiger partial charge in [0.25, 0.3) is 0 Å². The Hall–Kier alpha value is -1.57. The molecule has 94 valence electrons. The van der Waals surface area contributed by atoms with Gasteiger partial charge in [-0.2, -0.15) is 5.10 Å². The first-order valence-corrected chi connectivity index (χ1v) is 6.87. The average Bonchev–Trinajstić information content (AvgIpc) is 3.08. The molecule has 3 rings (SSSR count). The molecule has 1 heterocycles. The van der Waals surface area contributed by atoms with Gasteiger partial charge in [0.2, 0.25) is 0 Å². The molecule has 1 fully saturated rings. The Balaban J connectivity index is 1.78. The average molecular weight is 240 g/mol. The molecular weight excluding hydrogens is 220 g/mol. The zero-order valence-corrected chi connectivity index (χ0v) is 11.1. The van der Waals surface area contributed by atoms with Crippen LogP contribution in [0.15, 0.2) is 36.5 Å². The van der Waals surface area contributed by atoms with Crippen LogP contribution < -0.4 is 0 Å². The SMILES string of the molecule is CC(C)Cc1ccc(-c2ccn(C3CC3)n2)cc1. The quantitative estimate of drug-likeness (QED) is 0.787. The van der Waals surface area contributed by atoms with Gasteiger partial charge in [-0.15, -0.1) is 0 Å². The van der Waals surface area contributed by atoms with Gasteiger partial charge in [0, 0.05) is 11.8 Å². The monoisotopic (exact) mass is 240 g/mol. The summed E-state index contributed by atoms with van der Waals surface area (Å²) in [6.07, 6.45) is 5.83. The highest BCUT2D eigenvalue weighted by atomic mass is 15.3. The Kier molecular flexibility index (Phi) is 2.94. The lowest BCUT2D eigenvalue weighted by Crippen LogP contribution is -1.95. The van der Waals surface area contributed by atoms with Crippen molar-refractivity contribution in [3.8, 4) is 11.3 Å². The summed E-state index contributed by atoms with van der Waals surface area (Å²) in [7, 11) is 0. The Morgan fingerprint density at radius 1 is 1.17 bits per heavy atom. The summed E-state index contributed by atoms with van der Waals surface area (Å²) in [5.74, 6) is 0.713. The Labute approximate surface area is 109 Å². The van der Waals surface area contributed by atoms with Gasteiger partial charge < -0.3 is 0 Å². The van der Waals surface area contributed by atoms with E-state index in [0.29, 0.717) is 12.0 Å². The van der Waals surface area contributed by atoms with Crippen LogP contribution in [0, 0.1) is 5.92 Å². The topological polar surface area (TPSA) is 17.8 Å². The van der Waals surface area contributed by atoms with Crippen LogP contribution in [0.1, 0.15) is 38.3 Å². The summed E-state index contributed by atoms with van der Waals surface area (Å²) in [6.45, 7) is 4.51. The first-order valence-electron chi connectivity index (χ1n) is 6.87. The van der Waals surface area contributed by atoms with E-state index in [0.717, 1.165) is 12.1 Å². The molecule has 1 aromatic heterocycles. The lowest BCUT2D eigenvalue weighted by molar-refractivity contribution is 0.643. The molecule has 1 aromatic carbocycles. The second-order valence-corrected chi connectivity index (χ2v) is 5.71. The highest BCUT2D eigenvalue weighted by molar-refractivity contribution is 5.58. The van der Waals surface area contributed by atoms with Crippen molar-refractivity contribution in [2.75, 3.05) is 0 Å². The predicted octanol–water partition coefficient (Wildman–Crippen LogP) is 4.08. The zero-order chi connectivity index (χ0) is 12.5. The van der Waals surface area contributed by atoms with E-state index in [1.807, 2.05) is 0 Å². The molecule has 0 bridgehead atoms. The first-order chi connectivity index (χ1) is 8.72. The molecule has 0 amide bonds. The molecule has 0 unspecified atom stereocenters. The fraction of sp³-hybridized carbons (Fsp3) is 0.438. The van der Waals surface area contributed by atoms with E-state index >= 15 is 0 Å². The molecule has 0 radical (unpaired) electrons. The van der Waals surface area contributed by atoms with Gasteiger partial charge in [0.1, 0.15) is 0 Å². The predicted molar refractivity (Wildman–Crippen MR) is 74.5 cm³/mol. The minimum absolute atomic E-state index is 0.666. The third-order valence-corrected chi connectivity index (χ3v) is 3.42. The molecule has 0 atom stereocenters. The third kappa shape index (κ3) is 2.47. The molecule has 0 spiro atoms. The molecule has 18 heavy (non-hydrogen) atoms. The molecule has 2 aromatic rings. The van der Waals surface area contributed by atoms with Crippen molar-refractivity contribution < 1.29 is 0 Å². The summed E-state index contributed by atoms with van der Waals surface area (Å²) >= 11 is 0. The normalized spacial score (nSPS) is 15.3. The molecule has 0 saturated heterocycles. The van der Waals surface area contributed by atoms with E-state index in [4.69, 9.17) is 0 Å². The largest absolute Gasteiger partial charge is 0.269 e. The van der Waals surface area contributed by atoms with Gasteiger partial charge in [0.15, 0.2) is 0 Å².